The number of rotatable bonds is 3. The highest BCUT2D eigenvalue weighted by Gasteiger charge is 2.31. The molecule has 0 aromatic carbocycles. The maximum absolute atomic E-state index is 12.4. The first-order valence-electron chi connectivity index (χ1n) is 7.35. The Kier molecular flexibility index (Phi) is 4.80. The van der Waals surface area contributed by atoms with Crippen molar-refractivity contribution in [2.75, 3.05) is 33.2 Å². The van der Waals surface area contributed by atoms with Gasteiger partial charge in [0, 0.05) is 26.2 Å². The van der Waals surface area contributed by atoms with Gasteiger partial charge in [0.15, 0.2) is 0 Å². The van der Waals surface area contributed by atoms with E-state index in [9.17, 15) is 9.59 Å². The number of nitrogens with zero attached hydrogens (tertiary/aromatic N) is 2. The molecule has 2 heterocycles. The minimum atomic E-state index is 0.0186. The molecule has 5 heteroatoms. The average molecular weight is 267 g/mol. The topological polar surface area (TPSA) is 52.7 Å². The van der Waals surface area contributed by atoms with Crippen LogP contribution in [-0.2, 0) is 9.59 Å². The highest BCUT2D eigenvalue weighted by atomic mass is 16.2. The fourth-order valence-electron chi connectivity index (χ4n) is 3.01. The van der Waals surface area contributed by atoms with Crippen LogP contribution < -0.4 is 5.32 Å². The van der Waals surface area contributed by atoms with Gasteiger partial charge < -0.3 is 15.1 Å². The Balaban J connectivity index is 1.85. The minimum absolute atomic E-state index is 0.0186. The summed E-state index contributed by atoms with van der Waals surface area (Å²) < 4.78 is 0. The van der Waals surface area contributed by atoms with E-state index >= 15 is 0 Å². The molecule has 19 heavy (non-hydrogen) atoms. The third kappa shape index (κ3) is 3.47. The third-order valence-electron chi connectivity index (χ3n) is 4.29. The largest absolute Gasteiger partial charge is 0.341 e. The minimum Gasteiger partial charge on any atom is -0.341 e. The number of carbonyl (C=O) groups is 2. The van der Waals surface area contributed by atoms with E-state index in [0.717, 1.165) is 45.3 Å². The van der Waals surface area contributed by atoms with Crippen molar-refractivity contribution >= 4 is 11.8 Å². The van der Waals surface area contributed by atoms with E-state index in [1.165, 1.54) is 0 Å². The molecule has 2 amide bonds. The molecule has 0 aromatic rings. The number of piperidine rings is 1. The molecule has 5 nitrogen and oxygen atoms in total. The summed E-state index contributed by atoms with van der Waals surface area (Å²) in [5, 5.41) is 3.33. The van der Waals surface area contributed by atoms with Crippen molar-refractivity contribution < 1.29 is 9.59 Å². The lowest BCUT2D eigenvalue weighted by atomic mass is 9.91. The Bertz CT molecular complexity index is 340. The van der Waals surface area contributed by atoms with Crippen LogP contribution >= 0.6 is 0 Å². The molecular weight excluding hydrogens is 242 g/mol. The van der Waals surface area contributed by atoms with Crippen LogP contribution in [0, 0.1) is 5.92 Å². The van der Waals surface area contributed by atoms with Gasteiger partial charge in [0.1, 0.15) is 0 Å². The number of likely N-dealkylation sites (tertiary alicyclic amines) is 1. The lowest BCUT2D eigenvalue weighted by Crippen LogP contribution is -2.49. The summed E-state index contributed by atoms with van der Waals surface area (Å²) in [5.41, 5.74) is 0. The smallest absolute Gasteiger partial charge is 0.242 e. The summed E-state index contributed by atoms with van der Waals surface area (Å²) >= 11 is 0. The normalized spacial score (nSPS) is 27.4. The van der Waals surface area contributed by atoms with Gasteiger partial charge >= 0.3 is 0 Å². The summed E-state index contributed by atoms with van der Waals surface area (Å²) in [4.78, 5) is 27.9. The molecule has 0 aromatic heterocycles. The fourth-order valence-corrected chi connectivity index (χ4v) is 3.01. The molecule has 0 radical (unpaired) electrons. The summed E-state index contributed by atoms with van der Waals surface area (Å²) in [6.45, 7) is 4.96. The summed E-state index contributed by atoms with van der Waals surface area (Å²) in [6, 6.07) is 0.214. The van der Waals surface area contributed by atoms with Crippen molar-refractivity contribution in [3.05, 3.63) is 0 Å². The van der Waals surface area contributed by atoms with Crippen LogP contribution in [0.5, 0.6) is 0 Å². The lowest BCUT2D eigenvalue weighted by Gasteiger charge is -2.32. The zero-order chi connectivity index (χ0) is 13.8. The SMILES string of the molecule is CC1NCCCC1C(=O)N(C)CC(=O)N1CCCC1. The highest BCUT2D eigenvalue weighted by molar-refractivity contribution is 5.86. The van der Waals surface area contributed by atoms with Gasteiger partial charge in [-0.05, 0) is 39.2 Å². The Morgan fingerprint density at radius 3 is 2.58 bits per heavy atom. The lowest BCUT2D eigenvalue weighted by molar-refractivity contribution is -0.142. The molecule has 2 saturated heterocycles. The zero-order valence-electron chi connectivity index (χ0n) is 12.0. The first-order valence-corrected chi connectivity index (χ1v) is 7.35. The van der Waals surface area contributed by atoms with Gasteiger partial charge in [0.2, 0.25) is 11.8 Å². The first kappa shape index (κ1) is 14.3. The van der Waals surface area contributed by atoms with Crippen LogP contribution in [0.1, 0.15) is 32.6 Å². The van der Waals surface area contributed by atoms with Crippen molar-refractivity contribution in [2.24, 2.45) is 5.92 Å². The number of amides is 2. The molecule has 2 aliphatic heterocycles. The van der Waals surface area contributed by atoms with E-state index in [0.29, 0.717) is 0 Å². The van der Waals surface area contributed by atoms with E-state index in [2.05, 4.69) is 12.2 Å². The number of hydrogen-bond donors (Lipinski definition) is 1. The third-order valence-corrected chi connectivity index (χ3v) is 4.29. The maximum atomic E-state index is 12.4. The molecule has 2 rings (SSSR count). The van der Waals surface area contributed by atoms with Crippen LogP contribution in [0.3, 0.4) is 0 Å². The van der Waals surface area contributed by atoms with E-state index < -0.39 is 0 Å². The van der Waals surface area contributed by atoms with Gasteiger partial charge in [0.05, 0.1) is 12.5 Å². The van der Waals surface area contributed by atoms with E-state index in [1.807, 2.05) is 4.90 Å². The number of carbonyl (C=O) groups excluding carboxylic acids is 2. The molecule has 108 valence electrons. The van der Waals surface area contributed by atoms with Crippen molar-refractivity contribution in [1.82, 2.24) is 15.1 Å². The quantitative estimate of drug-likeness (QED) is 0.808. The van der Waals surface area contributed by atoms with Crippen molar-refractivity contribution in [1.29, 1.82) is 0 Å². The maximum Gasteiger partial charge on any atom is 0.242 e. The summed E-state index contributed by atoms with van der Waals surface area (Å²) in [5.74, 6) is 0.210. The fraction of sp³-hybridized carbons (Fsp3) is 0.857. The molecule has 0 bridgehead atoms. The molecule has 0 saturated carbocycles. The summed E-state index contributed by atoms with van der Waals surface area (Å²) in [7, 11) is 1.75. The van der Waals surface area contributed by atoms with Crippen LogP contribution in [0.25, 0.3) is 0 Å². The Labute approximate surface area is 115 Å². The van der Waals surface area contributed by atoms with Crippen LogP contribution in [0.15, 0.2) is 0 Å². The predicted molar refractivity (Wildman–Crippen MR) is 73.6 cm³/mol. The number of nitrogens with one attached hydrogen (secondary N) is 1. The zero-order valence-corrected chi connectivity index (χ0v) is 12.0. The molecule has 1 N–H and O–H groups in total. The van der Waals surface area contributed by atoms with Crippen LogP contribution in [-0.4, -0.2) is 60.9 Å². The van der Waals surface area contributed by atoms with Crippen molar-refractivity contribution in [2.45, 2.75) is 38.6 Å². The molecular formula is C14H25N3O2. The van der Waals surface area contributed by atoms with Gasteiger partial charge in [-0.2, -0.15) is 0 Å². The Morgan fingerprint density at radius 1 is 1.26 bits per heavy atom. The van der Waals surface area contributed by atoms with E-state index in [1.54, 1.807) is 11.9 Å². The highest BCUT2D eigenvalue weighted by Crippen LogP contribution is 2.18. The summed E-state index contributed by atoms with van der Waals surface area (Å²) in [6.07, 6.45) is 4.14. The van der Waals surface area contributed by atoms with Crippen LogP contribution in [0.2, 0.25) is 0 Å². The Hall–Kier alpha value is -1.10. The van der Waals surface area contributed by atoms with Gasteiger partial charge in [-0.25, -0.2) is 0 Å². The molecule has 2 atom stereocenters. The molecule has 2 fully saturated rings. The standard InChI is InChI=1S/C14H25N3O2/c1-11-12(6-5-7-15-11)14(19)16(2)10-13(18)17-8-3-4-9-17/h11-12,15H,3-10H2,1-2H3. The van der Waals surface area contributed by atoms with Gasteiger partial charge in [-0.3, -0.25) is 9.59 Å². The average Bonchev–Trinajstić information content (AvgIpc) is 2.92. The number of hydrogen-bond acceptors (Lipinski definition) is 3. The molecule has 0 spiro atoms. The van der Waals surface area contributed by atoms with E-state index in [-0.39, 0.29) is 30.3 Å². The van der Waals surface area contributed by atoms with Crippen molar-refractivity contribution in [3.63, 3.8) is 0 Å². The molecule has 2 aliphatic rings. The van der Waals surface area contributed by atoms with Crippen molar-refractivity contribution in [3.8, 4) is 0 Å². The number of likely N-dealkylation sites (N-methyl/N-ethyl adjacent to an activating group) is 1. The van der Waals surface area contributed by atoms with Crippen LogP contribution in [0.4, 0.5) is 0 Å². The molecule has 2 unspecified atom stereocenters. The predicted octanol–water partition coefficient (Wildman–Crippen LogP) is 0.455. The second-order valence-corrected chi connectivity index (χ2v) is 5.77. The van der Waals surface area contributed by atoms with E-state index in [4.69, 9.17) is 0 Å². The Morgan fingerprint density at radius 2 is 1.95 bits per heavy atom. The second kappa shape index (κ2) is 6.37. The van der Waals surface area contributed by atoms with Gasteiger partial charge in [-0.15, -0.1) is 0 Å². The monoisotopic (exact) mass is 267 g/mol. The molecule has 0 aliphatic carbocycles. The first-order chi connectivity index (χ1) is 9.09. The van der Waals surface area contributed by atoms with Gasteiger partial charge in [0.25, 0.3) is 0 Å². The second-order valence-electron chi connectivity index (χ2n) is 5.77. The van der Waals surface area contributed by atoms with Gasteiger partial charge in [-0.1, -0.05) is 0 Å².